The van der Waals surface area contributed by atoms with Crippen LogP contribution in [-0.4, -0.2) is 4.98 Å². The van der Waals surface area contributed by atoms with Crippen molar-refractivity contribution in [3.05, 3.63) is 17.7 Å². The molecule has 1 N–H and O–H groups in total. The largest absolute Gasteiger partial charge is 0.251 e. The van der Waals surface area contributed by atoms with Gasteiger partial charge in [-0.15, -0.1) is 0 Å². The van der Waals surface area contributed by atoms with Crippen molar-refractivity contribution < 1.29 is 4.57 Å². The average Bonchev–Trinajstić information content (AvgIpc) is 2.54. The third kappa shape index (κ3) is 4.06. The van der Waals surface area contributed by atoms with Gasteiger partial charge < -0.3 is 0 Å². The Kier molecular flexibility index (Phi) is 5.44. The molecule has 2 nitrogen and oxygen atoms in total. The van der Waals surface area contributed by atoms with Crippen molar-refractivity contribution >= 4 is 0 Å². The van der Waals surface area contributed by atoms with E-state index < -0.39 is 0 Å². The van der Waals surface area contributed by atoms with Gasteiger partial charge in [0.1, 0.15) is 11.9 Å². The first-order chi connectivity index (χ1) is 7.25. The molecule has 2 heteroatoms. The van der Waals surface area contributed by atoms with E-state index in [0.29, 0.717) is 0 Å². The van der Waals surface area contributed by atoms with Crippen LogP contribution in [0.5, 0.6) is 0 Å². The first-order valence-corrected chi connectivity index (χ1v) is 6.28. The van der Waals surface area contributed by atoms with E-state index in [-0.39, 0.29) is 0 Å². The van der Waals surface area contributed by atoms with Gasteiger partial charge in [0.05, 0.1) is 7.05 Å². The van der Waals surface area contributed by atoms with Crippen molar-refractivity contribution in [2.24, 2.45) is 7.05 Å². The number of aromatic amines is 1. The summed E-state index contributed by atoms with van der Waals surface area (Å²) in [5, 5.41) is 0. The molecule has 1 rings (SSSR count). The van der Waals surface area contributed by atoms with E-state index in [9.17, 15) is 0 Å². The van der Waals surface area contributed by atoms with Gasteiger partial charge in [-0.2, -0.15) is 0 Å². The van der Waals surface area contributed by atoms with E-state index >= 15 is 0 Å². The zero-order valence-electron chi connectivity index (χ0n) is 10.5. The van der Waals surface area contributed by atoms with E-state index in [2.05, 4.69) is 36.6 Å². The first kappa shape index (κ1) is 12.3. The minimum atomic E-state index is 1.22. The van der Waals surface area contributed by atoms with Crippen molar-refractivity contribution in [1.82, 2.24) is 4.98 Å². The van der Waals surface area contributed by atoms with Crippen LogP contribution in [0.25, 0.3) is 0 Å². The third-order valence-electron chi connectivity index (χ3n) is 3.17. The molecule has 0 saturated heterocycles. The maximum absolute atomic E-state index is 3.26. The van der Waals surface area contributed by atoms with Crippen molar-refractivity contribution in [2.75, 3.05) is 0 Å². The monoisotopic (exact) mass is 209 g/mol. The fraction of sp³-hybridized carbons (Fsp3) is 0.769. The average molecular weight is 209 g/mol. The molecular formula is C13H25N2+. The molecule has 0 bridgehead atoms. The molecule has 0 amide bonds. The van der Waals surface area contributed by atoms with Crippen molar-refractivity contribution in [1.29, 1.82) is 0 Å². The van der Waals surface area contributed by atoms with E-state index in [1.54, 1.807) is 0 Å². The normalized spacial score (nSPS) is 10.9. The highest BCUT2D eigenvalue weighted by Gasteiger charge is 2.08. The van der Waals surface area contributed by atoms with Crippen LogP contribution in [0.4, 0.5) is 0 Å². The second-order valence-electron chi connectivity index (χ2n) is 4.44. The minimum absolute atomic E-state index is 1.22. The summed E-state index contributed by atoms with van der Waals surface area (Å²) in [5.74, 6) is 1.25. The Hall–Kier alpha value is -0.790. The quantitative estimate of drug-likeness (QED) is 0.526. The van der Waals surface area contributed by atoms with Gasteiger partial charge in [-0.25, -0.2) is 9.55 Å². The third-order valence-corrected chi connectivity index (χ3v) is 3.17. The number of aromatic nitrogens is 2. The molecule has 1 heterocycles. The maximum Gasteiger partial charge on any atom is 0.251 e. The van der Waals surface area contributed by atoms with E-state index in [4.69, 9.17) is 0 Å². The number of nitrogens with one attached hydrogen (secondary N) is 1. The zero-order chi connectivity index (χ0) is 11.1. The molecule has 1 aromatic rings. The van der Waals surface area contributed by atoms with Crippen LogP contribution in [0.3, 0.4) is 0 Å². The van der Waals surface area contributed by atoms with Crippen molar-refractivity contribution in [3.63, 3.8) is 0 Å². The van der Waals surface area contributed by atoms with E-state index in [1.807, 2.05) is 0 Å². The molecule has 15 heavy (non-hydrogen) atoms. The van der Waals surface area contributed by atoms with Crippen LogP contribution in [-0.2, 0) is 13.5 Å². The van der Waals surface area contributed by atoms with E-state index in [0.717, 1.165) is 0 Å². The molecule has 0 aliphatic heterocycles. The van der Waals surface area contributed by atoms with Gasteiger partial charge in [-0.3, -0.25) is 0 Å². The summed E-state index contributed by atoms with van der Waals surface area (Å²) in [4.78, 5) is 3.26. The first-order valence-electron chi connectivity index (χ1n) is 6.28. The van der Waals surface area contributed by atoms with Gasteiger partial charge in [0.15, 0.2) is 0 Å². The topological polar surface area (TPSA) is 19.7 Å². The molecule has 0 aromatic carbocycles. The number of hydrogen-bond donors (Lipinski definition) is 1. The van der Waals surface area contributed by atoms with E-state index in [1.165, 1.54) is 56.5 Å². The Balaban J connectivity index is 2.12. The number of rotatable bonds is 7. The lowest BCUT2D eigenvalue weighted by Gasteiger charge is -1.99. The molecule has 0 aliphatic rings. The number of nitrogens with zero attached hydrogens (tertiary/aromatic N) is 1. The molecule has 0 aliphatic carbocycles. The zero-order valence-corrected chi connectivity index (χ0v) is 10.5. The minimum Gasteiger partial charge on any atom is -0.248 e. The predicted octanol–water partition coefficient (Wildman–Crippen LogP) is 3.05. The van der Waals surface area contributed by atoms with Crippen LogP contribution in [0.15, 0.2) is 6.20 Å². The van der Waals surface area contributed by atoms with Gasteiger partial charge in [0.25, 0.3) is 5.82 Å². The Morgan fingerprint density at radius 3 is 2.40 bits per heavy atom. The van der Waals surface area contributed by atoms with Gasteiger partial charge in [-0.1, -0.05) is 39.0 Å². The highest BCUT2D eigenvalue weighted by atomic mass is 15.0. The van der Waals surface area contributed by atoms with Crippen molar-refractivity contribution in [2.45, 2.75) is 58.8 Å². The summed E-state index contributed by atoms with van der Waals surface area (Å²) in [6.45, 7) is 4.38. The summed E-state index contributed by atoms with van der Waals surface area (Å²) in [7, 11) is 2.14. The molecule has 86 valence electrons. The second-order valence-corrected chi connectivity index (χ2v) is 4.44. The Bertz CT molecular complexity index is 276. The molecule has 0 atom stereocenters. The molecule has 0 spiro atoms. The smallest absolute Gasteiger partial charge is 0.248 e. The molecule has 0 unspecified atom stereocenters. The van der Waals surface area contributed by atoms with Gasteiger partial charge in [0, 0.05) is 13.3 Å². The number of hydrogen-bond acceptors (Lipinski definition) is 0. The predicted molar refractivity (Wildman–Crippen MR) is 63.8 cm³/mol. The lowest BCUT2D eigenvalue weighted by molar-refractivity contribution is -0.683. The number of unbranched alkanes of at least 4 members (excludes halogenated alkanes) is 5. The fourth-order valence-corrected chi connectivity index (χ4v) is 1.92. The van der Waals surface area contributed by atoms with Crippen LogP contribution < -0.4 is 4.57 Å². The summed E-state index contributed by atoms with van der Waals surface area (Å²) in [6.07, 6.45) is 11.6. The second kappa shape index (κ2) is 6.65. The Morgan fingerprint density at radius 2 is 1.80 bits per heavy atom. The molecule has 0 radical (unpaired) electrons. The highest BCUT2D eigenvalue weighted by Crippen LogP contribution is 2.07. The summed E-state index contributed by atoms with van der Waals surface area (Å²) in [5.41, 5.74) is 1.43. The summed E-state index contributed by atoms with van der Waals surface area (Å²) >= 11 is 0. The molecule has 1 aromatic heterocycles. The Morgan fingerprint density at radius 1 is 1.13 bits per heavy atom. The Labute approximate surface area is 93.7 Å². The number of aryl methyl sites for hydroxylation is 2. The lowest BCUT2D eigenvalue weighted by atomic mass is 10.1. The number of imidazole rings is 1. The van der Waals surface area contributed by atoms with Gasteiger partial charge >= 0.3 is 0 Å². The maximum atomic E-state index is 3.26. The fourth-order valence-electron chi connectivity index (χ4n) is 1.92. The highest BCUT2D eigenvalue weighted by molar-refractivity contribution is 4.89. The SMILES string of the molecule is CCCCCCCCc1c[nH]c(C)[n+]1C. The van der Waals surface area contributed by atoms with Gasteiger partial charge in [0.2, 0.25) is 0 Å². The summed E-state index contributed by atoms with van der Waals surface area (Å²) in [6, 6.07) is 0. The van der Waals surface area contributed by atoms with Gasteiger partial charge in [-0.05, 0) is 6.42 Å². The van der Waals surface area contributed by atoms with Crippen LogP contribution in [0.2, 0.25) is 0 Å². The lowest BCUT2D eigenvalue weighted by Crippen LogP contribution is -2.33. The van der Waals surface area contributed by atoms with Crippen LogP contribution >= 0.6 is 0 Å². The molecule has 0 fully saturated rings. The number of H-pyrrole nitrogens is 1. The molecular weight excluding hydrogens is 184 g/mol. The standard InChI is InChI=1S/C13H24N2/c1-4-5-6-7-8-9-10-13-11-14-12(2)15(13)3/h11H,4-10H2,1-3H3/p+1. The molecule has 0 saturated carbocycles. The van der Waals surface area contributed by atoms with Crippen molar-refractivity contribution in [3.8, 4) is 0 Å². The van der Waals surface area contributed by atoms with Crippen LogP contribution in [0.1, 0.15) is 57.0 Å². The summed E-state index contributed by atoms with van der Waals surface area (Å²) < 4.78 is 2.26. The van der Waals surface area contributed by atoms with Crippen LogP contribution in [0, 0.1) is 6.92 Å².